The normalized spacial score (nSPS) is 13.4. The molecule has 1 N–H and O–H groups in total. The minimum Gasteiger partial charge on any atom is -0.465 e. The highest BCUT2D eigenvalue weighted by Crippen LogP contribution is 2.38. The number of halogens is 1. The summed E-state index contributed by atoms with van der Waals surface area (Å²) < 4.78 is 10.6. The molecule has 1 aromatic carbocycles. The number of hydrogen-bond acceptors (Lipinski definition) is 8. The van der Waals surface area contributed by atoms with E-state index < -0.39 is 5.97 Å². The van der Waals surface area contributed by atoms with E-state index in [9.17, 15) is 9.59 Å². The molecule has 1 aliphatic carbocycles. The van der Waals surface area contributed by atoms with Crippen LogP contribution in [0.25, 0.3) is 11.5 Å². The van der Waals surface area contributed by atoms with Gasteiger partial charge in [-0.2, -0.15) is 0 Å². The van der Waals surface area contributed by atoms with Gasteiger partial charge in [-0.05, 0) is 55.5 Å². The summed E-state index contributed by atoms with van der Waals surface area (Å²) in [6.07, 6.45) is 5.01. The summed E-state index contributed by atoms with van der Waals surface area (Å²) in [4.78, 5) is 26.1. The number of nitrogens with zero attached hydrogens (tertiary/aromatic N) is 2. The van der Waals surface area contributed by atoms with Crippen molar-refractivity contribution in [3.8, 4) is 11.5 Å². The third kappa shape index (κ3) is 5.11. The van der Waals surface area contributed by atoms with Crippen molar-refractivity contribution in [2.24, 2.45) is 0 Å². The van der Waals surface area contributed by atoms with Crippen molar-refractivity contribution in [3.63, 3.8) is 0 Å². The van der Waals surface area contributed by atoms with Crippen LogP contribution in [-0.2, 0) is 22.4 Å². The maximum Gasteiger partial charge on any atom is 0.341 e. The number of thioether (sulfide) groups is 1. The van der Waals surface area contributed by atoms with Crippen molar-refractivity contribution in [2.75, 3.05) is 18.2 Å². The molecule has 3 aromatic rings. The van der Waals surface area contributed by atoms with Gasteiger partial charge in [-0.3, -0.25) is 4.79 Å². The summed E-state index contributed by atoms with van der Waals surface area (Å²) in [6.45, 7) is 0. The van der Waals surface area contributed by atoms with Crippen molar-refractivity contribution in [3.05, 3.63) is 45.3 Å². The second-order valence-corrected chi connectivity index (χ2v) is 9.45. The molecule has 31 heavy (non-hydrogen) atoms. The number of ether oxygens (including phenoxy) is 1. The lowest BCUT2D eigenvalue weighted by atomic mass is 10.1. The fraction of sp³-hybridized carbons (Fsp3) is 0.333. The lowest BCUT2D eigenvalue weighted by Crippen LogP contribution is -2.16. The standard InChI is InChI=1S/C21H20ClN3O4S2/c1-28-20(27)17-14-5-3-2-4-6-15(14)31-19(17)23-16(26)11-30-21-25-24-18(29-21)12-7-9-13(22)10-8-12/h7-10H,2-6,11H2,1H3,(H,23,26). The summed E-state index contributed by atoms with van der Waals surface area (Å²) in [5, 5.41) is 12.3. The number of hydrogen-bond donors (Lipinski definition) is 1. The monoisotopic (exact) mass is 477 g/mol. The van der Waals surface area contributed by atoms with Crippen LogP contribution >= 0.6 is 34.7 Å². The Morgan fingerprint density at radius 2 is 1.97 bits per heavy atom. The molecule has 0 unspecified atom stereocenters. The zero-order chi connectivity index (χ0) is 21.8. The molecule has 0 aliphatic heterocycles. The van der Waals surface area contributed by atoms with Crippen LogP contribution in [0.5, 0.6) is 0 Å². The van der Waals surface area contributed by atoms with Gasteiger partial charge in [-0.1, -0.05) is 29.8 Å². The first kappa shape index (κ1) is 21.9. The highest BCUT2D eigenvalue weighted by Gasteiger charge is 2.26. The second kappa shape index (κ2) is 9.84. The number of aromatic nitrogens is 2. The van der Waals surface area contributed by atoms with Crippen LogP contribution in [-0.4, -0.2) is 34.9 Å². The third-order valence-corrected chi connectivity index (χ3v) is 7.17. The van der Waals surface area contributed by atoms with Gasteiger partial charge >= 0.3 is 5.97 Å². The molecule has 0 saturated heterocycles. The Morgan fingerprint density at radius 1 is 1.19 bits per heavy atom. The van der Waals surface area contributed by atoms with Crippen molar-refractivity contribution >= 4 is 51.6 Å². The SMILES string of the molecule is COC(=O)c1c(NC(=O)CSc2nnc(-c3ccc(Cl)cc3)o2)sc2c1CCCCC2. The number of rotatable bonds is 6. The molecule has 0 fully saturated rings. The quantitative estimate of drug-likeness (QED) is 0.295. The maximum absolute atomic E-state index is 12.6. The topological polar surface area (TPSA) is 94.3 Å². The van der Waals surface area contributed by atoms with Crippen LogP contribution in [0.15, 0.2) is 33.9 Å². The molecule has 2 aromatic heterocycles. The Labute approximate surface area is 192 Å². The third-order valence-electron chi connectivity index (χ3n) is 4.89. The summed E-state index contributed by atoms with van der Waals surface area (Å²) >= 11 is 8.50. The van der Waals surface area contributed by atoms with E-state index in [2.05, 4.69) is 15.5 Å². The average Bonchev–Trinajstić information content (AvgIpc) is 3.30. The highest BCUT2D eigenvalue weighted by atomic mass is 35.5. The Morgan fingerprint density at radius 3 is 2.74 bits per heavy atom. The van der Waals surface area contributed by atoms with Gasteiger partial charge in [0.2, 0.25) is 11.8 Å². The predicted octanol–water partition coefficient (Wildman–Crippen LogP) is 5.24. The van der Waals surface area contributed by atoms with Crippen LogP contribution in [0.4, 0.5) is 5.00 Å². The van der Waals surface area contributed by atoms with Crippen LogP contribution < -0.4 is 5.32 Å². The van der Waals surface area contributed by atoms with Crippen LogP contribution in [0, 0.1) is 0 Å². The molecule has 1 amide bonds. The molecular formula is C21H20ClN3O4S2. The zero-order valence-electron chi connectivity index (χ0n) is 16.8. The van der Waals surface area contributed by atoms with Gasteiger partial charge in [0.15, 0.2) is 0 Å². The molecule has 10 heteroatoms. The van der Waals surface area contributed by atoms with Crippen LogP contribution in [0.1, 0.15) is 40.1 Å². The molecular weight excluding hydrogens is 458 g/mol. The Bertz CT molecular complexity index is 1090. The van der Waals surface area contributed by atoms with Crippen molar-refractivity contribution in [2.45, 2.75) is 37.3 Å². The summed E-state index contributed by atoms with van der Waals surface area (Å²) in [5.74, 6) is -0.231. The number of fused-ring (bicyclic) bond motifs is 1. The minimum atomic E-state index is -0.410. The zero-order valence-corrected chi connectivity index (χ0v) is 19.2. The van der Waals surface area contributed by atoms with Gasteiger partial charge < -0.3 is 14.5 Å². The van der Waals surface area contributed by atoms with E-state index in [0.29, 0.717) is 21.5 Å². The minimum absolute atomic E-state index is 0.0748. The molecule has 7 nitrogen and oxygen atoms in total. The number of amides is 1. The first-order valence-corrected chi connectivity index (χ1v) is 12.0. The molecule has 0 radical (unpaired) electrons. The number of esters is 1. The molecule has 0 spiro atoms. The molecule has 0 bridgehead atoms. The van der Waals surface area contributed by atoms with Gasteiger partial charge in [0.1, 0.15) is 5.00 Å². The van der Waals surface area contributed by atoms with E-state index >= 15 is 0 Å². The van der Waals surface area contributed by atoms with E-state index in [1.165, 1.54) is 18.4 Å². The summed E-state index contributed by atoms with van der Waals surface area (Å²) in [5.41, 5.74) is 2.25. The van der Waals surface area contributed by atoms with Crippen molar-refractivity contribution < 1.29 is 18.7 Å². The average molecular weight is 478 g/mol. The van der Waals surface area contributed by atoms with E-state index in [0.717, 1.165) is 59.9 Å². The number of methoxy groups -OCH3 is 1. The lowest BCUT2D eigenvalue weighted by molar-refractivity contribution is -0.113. The number of nitrogens with one attached hydrogen (secondary N) is 1. The number of carbonyl (C=O) groups excluding carboxylic acids is 2. The molecule has 162 valence electrons. The number of benzene rings is 1. The smallest absolute Gasteiger partial charge is 0.341 e. The van der Waals surface area contributed by atoms with E-state index in [1.807, 2.05) is 0 Å². The van der Waals surface area contributed by atoms with Crippen LogP contribution in [0.2, 0.25) is 5.02 Å². The fourth-order valence-corrected chi connectivity index (χ4v) is 5.40. The Kier molecular flexibility index (Phi) is 6.94. The van der Waals surface area contributed by atoms with E-state index in [-0.39, 0.29) is 16.9 Å². The van der Waals surface area contributed by atoms with Gasteiger partial charge in [0.25, 0.3) is 5.22 Å². The Hall–Kier alpha value is -2.36. The van der Waals surface area contributed by atoms with Gasteiger partial charge in [-0.25, -0.2) is 4.79 Å². The molecule has 0 saturated carbocycles. The number of aryl methyl sites for hydroxylation is 1. The number of thiophene rings is 1. The molecule has 0 atom stereocenters. The first-order chi connectivity index (χ1) is 15.0. The largest absolute Gasteiger partial charge is 0.465 e. The Balaban J connectivity index is 1.42. The first-order valence-electron chi connectivity index (χ1n) is 9.80. The second-order valence-electron chi connectivity index (χ2n) is 6.98. The molecule has 1 aliphatic rings. The number of anilines is 1. The summed E-state index contributed by atoms with van der Waals surface area (Å²) in [7, 11) is 1.36. The molecule has 2 heterocycles. The molecule has 4 rings (SSSR count). The maximum atomic E-state index is 12.6. The van der Waals surface area contributed by atoms with E-state index in [4.69, 9.17) is 20.8 Å². The highest BCUT2D eigenvalue weighted by molar-refractivity contribution is 7.99. The van der Waals surface area contributed by atoms with Gasteiger partial charge in [-0.15, -0.1) is 21.5 Å². The summed E-state index contributed by atoms with van der Waals surface area (Å²) in [6, 6.07) is 7.05. The van der Waals surface area contributed by atoms with E-state index in [1.54, 1.807) is 24.3 Å². The predicted molar refractivity (Wildman–Crippen MR) is 121 cm³/mol. The van der Waals surface area contributed by atoms with Gasteiger partial charge in [0.05, 0.1) is 18.4 Å². The van der Waals surface area contributed by atoms with Crippen LogP contribution in [0.3, 0.4) is 0 Å². The van der Waals surface area contributed by atoms with Gasteiger partial charge in [0, 0.05) is 15.5 Å². The van der Waals surface area contributed by atoms with Crippen molar-refractivity contribution in [1.29, 1.82) is 0 Å². The van der Waals surface area contributed by atoms with Crippen molar-refractivity contribution in [1.82, 2.24) is 10.2 Å². The lowest BCUT2D eigenvalue weighted by Gasteiger charge is -2.07. The fourth-order valence-electron chi connectivity index (χ4n) is 3.42. The number of carbonyl (C=O) groups is 2.